The van der Waals surface area contributed by atoms with E-state index >= 15 is 0 Å². The fourth-order valence-electron chi connectivity index (χ4n) is 1.92. The molecule has 2 aromatic carbocycles. The first kappa shape index (κ1) is 15.4. The Morgan fingerprint density at radius 3 is 2.43 bits per heavy atom. The van der Waals surface area contributed by atoms with Gasteiger partial charge in [-0.15, -0.1) is 0 Å². The summed E-state index contributed by atoms with van der Waals surface area (Å²) in [5.41, 5.74) is 6.04. The lowest BCUT2D eigenvalue weighted by Crippen LogP contribution is -2.05. The molecule has 7 heteroatoms. The van der Waals surface area contributed by atoms with E-state index in [-0.39, 0.29) is 11.4 Å². The zero-order valence-electron chi connectivity index (χ0n) is 11.0. The van der Waals surface area contributed by atoms with E-state index in [4.69, 9.17) is 33.7 Å². The molecule has 0 aliphatic rings. The maximum absolute atomic E-state index is 10.9. The number of nitro benzene ring substituents is 1. The van der Waals surface area contributed by atoms with Crippen LogP contribution in [0.5, 0.6) is 5.75 Å². The molecule has 0 spiro atoms. The van der Waals surface area contributed by atoms with E-state index in [0.29, 0.717) is 21.4 Å². The van der Waals surface area contributed by atoms with Crippen molar-refractivity contribution in [3.05, 3.63) is 62.1 Å². The molecule has 0 amide bonds. The fourth-order valence-corrected chi connectivity index (χ4v) is 2.62. The second kappa shape index (κ2) is 6.20. The molecule has 0 aliphatic heterocycles. The molecule has 0 bridgehead atoms. The number of nitrogens with two attached hydrogens (primary N) is 1. The van der Waals surface area contributed by atoms with Gasteiger partial charge in [0, 0.05) is 15.6 Å². The summed E-state index contributed by atoms with van der Waals surface area (Å²) < 4.78 is 5.68. The molecule has 0 fully saturated rings. The molecule has 0 aromatic heterocycles. The Morgan fingerprint density at radius 2 is 1.86 bits per heavy atom. The van der Waals surface area contributed by atoms with Gasteiger partial charge in [0.1, 0.15) is 17.5 Å². The molecule has 0 radical (unpaired) electrons. The van der Waals surface area contributed by atoms with Crippen LogP contribution in [0, 0.1) is 10.1 Å². The number of benzene rings is 2. The fraction of sp³-hybridized carbons (Fsp3) is 0.143. The Morgan fingerprint density at radius 1 is 1.24 bits per heavy atom. The molecule has 2 N–H and O–H groups in total. The van der Waals surface area contributed by atoms with Crippen LogP contribution in [0.25, 0.3) is 0 Å². The highest BCUT2D eigenvalue weighted by atomic mass is 35.5. The molecule has 5 nitrogen and oxygen atoms in total. The zero-order valence-corrected chi connectivity index (χ0v) is 12.6. The Kier molecular flexibility index (Phi) is 4.55. The van der Waals surface area contributed by atoms with Gasteiger partial charge in [0.05, 0.1) is 11.0 Å². The summed E-state index contributed by atoms with van der Waals surface area (Å²) in [6.07, 6.45) is -0.463. The van der Waals surface area contributed by atoms with Crippen molar-refractivity contribution in [1.82, 2.24) is 0 Å². The predicted octanol–water partition coefficient (Wildman–Crippen LogP) is 4.62. The standard InChI is InChI=1S/C14H12Cl2N2O3/c1-8(14-10(15)3-2-4-11(14)16)21-9-5-6-12(17)13(7-9)18(19)20/h2-8H,17H2,1H3. The minimum absolute atomic E-state index is 0.0794. The van der Waals surface area contributed by atoms with Gasteiger partial charge < -0.3 is 10.5 Å². The quantitative estimate of drug-likeness (QED) is 0.505. The molecule has 21 heavy (non-hydrogen) atoms. The molecule has 0 heterocycles. The van der Waals surface area contributed by atoms with Crippen LogP contribution in [-0.2, 0) is 0 Å². The van der Waals surface area contributed by atoms with Crippen molar-refractivity contribution in [3.63, 3.8) is 0 Å². The van der Waals surface area contributed by atoms with Gasteiger partial charge in [-0.1, -0.05) is 29.3 Å². The normalized spacial score (nSPS) is 12.0. The van der Waals surface area contributed by atoms with Crippen LogP contribution < -0.4 is 10.5 Å². The first-order valence-electron chi connectivity index (χ1n) is 6.04. The van der Waals surface area contributed by atoms with Crippen molar-refractivity contribution in [2.24, 2.45) is 0 Å². The lowest BCUT2D eigenvalue weighted by molar-refractivity contribution is -0.384. The van der Waals surface area contributed by atoms with Crippen LogP contribution in [0.1, 0.15) is 18.6 Å². The van der Waals surface area contributed by atoms with Crippen LogP contribution >= 0.6 is 23.2 Å². The number of ether oxygens (including phenoxy) is 1. The maximum atomic E-state index is 10.9. The molecule has 0 saturated heterocycles. The van der Waals surface area contributed by atoms with Crippen LogP contribution in [0.15, 0.2) is 36.4 Å². The average Bonchev–Trinajstić information content (AvgIpc) is 2.40. The summed E-state index contributed by atoms with van der Waals surface area (Å²) >= 11 is 12.2. The van der Waals surface area contributed by atoms with Crippen molar-refractivity contribution >= 4 is 34.6 Å². The summed E-state index contributed by atoms with van der Waals surface area (Å²) in [6, 6.07) is 9.39. The Bertz CT molecular complexity index is 672. The number of hydrogen-bond acceptors (Lipinski definition) is 4. The lowest BCUT2D eigenvalue weighted by atomic mass is 10.1. The molecule has 0 saturated carbocycles. The molecule has 2 rings (SSSR count). The molecule has 1 unspecified atom stereocenters. The van der Waals surface area contributed by atoms with Crippen molar-refractivity contribution in [2.45, 2.75) is 13.0 Å². The van der Waals surface area contributed by atoms with Crippen LogP contribution in [0.4, 0.5) is 11.4 Å². The van der Waals surface area contributed by atoms with E-state index in [1.807, 2.05) is 0 Å². The number of halogens is 2. The van der Waals surface area contributed by atoms with Gasteiger partial charge >= 0.3 is 0 Å². The van der Waals surface area contributed by atoms with Gasteiger partial charge in [-0.2, -0.15) is 0 Å². The van der Waals surface area contributed by atoms with E-state index in [1.54, 1.807) is 31.2 Å². The molecular formula is C14H12Cl2N2O3. The molecular weight excluding hydrogens is 315 g/mol. The maximum Gasteiger partial charge on any atom is 0.295 e. The molecule has 2 aromatic rings. The second-order valence-electron chi connectivity index (χ2n) is 4.37. The highest BCUT2D eigenvalue weighted by Gasteiger charge is 2.18. The first-order valence-corrected chi connectivity index (χ1v) is 6.80. The Hall–Kier alpha value is -1.98. The summed E-state index contributed by atoms with van der Waals surface area (Å²) in [4.78, 5) is 10.3. The number of nitrogens with zero attached hydrogens (tertiary/aromatic N) is 1. The number of hydrogen-bond donors (Lipinski definition) is 1. The van der Waals surface area contributed by atoms with Gasteiger partial charge in [-0.25, -0.2) is 0 Å². The summed E-state index contributed by atoms with van der Waals surface area (Å²) in [5, 5.41) is 11.8. The van der Waals surface area contributed by atoms with Crippen molar-refractivity contribution in [3.8, 4) is 5.75 Å². The second-order valence-corrected chi connectivity index (χ2v) is 5.19. The third-order valence-electron chi connectivity index (χ3n) is 2.92. The lowest BCUT2D eigenvalue weighted by Gasteiger charge is -2.17. The van der Waals surface area contributed by atoms with Crippen LogP contribution in [-0.4, -0.2) is 4.92 Å². The van der Waals surface area contributed by atoms with Gasteiger partial charge in [-0.05, 0) is 31.2 Å². The van der Waals surface area contributed by atoms with E-state index in [2.05, 4.69) is 0 Å². The van der Waals surface area contributed by atoms with E-state index in [1.165, 1.54) is 12.1 Å². The number of rotatable bonds is 4. The number of nitro groups is 1. The van der Waals surface area contributed by atoms with Gasteiger partial charge in [0.2, 0.25) is 0 Å². The summed E-state index contributed by atoms with van der Waals surface area (Å²) in [7, 11) is 0. The van der Waals surface area contributed by atoms with E-state index in [9.17, 15) is 10.1 Å². The smallest absolute Gasteiger partial charge is 0.295 e. The monoisotopic (exact) mass is 326 g/mol. The topological polar surface area (TPSA) is 78.4 Å². The van der Waals surface area contributed by atoms with Gasteiger partial charge in [-0.3, -0.25) is 10.1 Å². The minimum Gasteiger partial charge on any atom is -0.486 e. The van der Waals surface area contributed by atoms with E-state index in [0.717, 1.165) is 0 Å². The third kappa shape index (κ3) is 3.37. The predicted molar refractivity (Wildman–Crippen MR) is 83.0 cm³/mol. The highest BCUT2D eigenvalue weighted by molar-refractivity contribution is 6.36. The largest absolute Gasteiger partial charge is 0.486 e. The molecule has 110 valence electrons. The van der Waals surface area contributed by atoms with Crippen molar-refractivity contribution < 1.29 is 9.66 Å². The first-order chi connectivity index (χ1) is 9.90. The minimum atomic E-state index is -0.560. The summed E-state index contributed by atoms with van der Waals surface area (Å²) in [6.45, 7) is 1.76. The van der Waals surface area contributed by atoms with Gasteiger partial charge in [0.25, 0.3) is 5.69 Å². The molecule has 1 atom stereocenters. The SMILES string of the molecule is CC(Oc1ccc(N)c([N+](=O)[O-])c1)c1c(Cl)cccc1Cl. The molecule has 0 aliphatic carbocycles. The van der Waals surface area contributed by atoms with Crippen molar-refractivity contribution in [2.75, 3.05) is 5.73 Å². The van der Waals surface area contributed by atoms with Crippen LogP contribution in [0.2, 0.25) is 10.0 Å². The van der Waals surface area contributed by atoms with Crippen LogP contribution in [0.3, 0.4) is 0 Å². The Balaban J connectivity index is 2.30. The summed E-state index contributed by atoms with van der Waals surface area (Å²) in [5.74, 6) is 0.319. The van der Waals surface area contributed by atoms with Gasteiger partial charge in [0.15, 0.2) is 0 Å². The van der Waals surface area contributed by atoms with Crippen molar-refractivity contribution in [1.29, 1.82) is 0 Å². The highest BCUT2D eigenvalue weighted by Crippen LogP contribution is 2.34. The number of nitrogen functional groups attached to an aromatic ring is 1. The number of anilines is 1. The average molecular weight is 327 g/mol. The zero-order chi connectivity index (χ0) is 15.6. The Labute approximate surface area is 131 Å². The third-order valence-corrected chi connectivity index (χ3v) is 3.58. The van der Waals surface area contributed by atoms with E-state index < -0.39 is 11.0 Å².